The zero-order valence-corrected chi connectivity index (χ0v) is 12.9. The van der Waals surface area contributed by atoms with E-state index in [1.807, 2.05) is 0 Å². The van der Waals surface area contributed by atoms with Crippen LogP contribution < -0.4 is 5.32 Å². The minimum Gasteiger partial charge on any atom is -0.473 e. The molecule has 10 heteroatoms. The Hall–Kier alpha value is -1.22. The number of nitrogens with one attached hydrogen (secondary N) is 1. The fourth-order valence-electron chi connectivity index (χ4n) is 2.35. The van der Waals surface area contributed by atoms with Gasteiger partial charge in [0, 0.05) is 22.7 Å². The average molecular weight is 352 g/mol. The molecule has 3 N–H and O–H groups in total. The third-order valence-corrected chi connectivity index (χ3v) is 4.44. The minimum atomic E-state index is -1.82. The van der Waals surface area contributed by atoms with Crippen molar-refractivity contribution in [3.63, 3.8) is 0 Å². The first-order valence-corrected chi connectivity index (χ1v) is 7.48. The minimum absolute atomic E-state index is 0.317. The van der Waals surface area contributed by atoms with E-state index in [0.29, 0.717) is 17.2 Å². The van der Waals surface area contributed by atoms with Crippen LogP contribution in [0.25, 0.3) is 5.57 Å². The van der Waals surface area contributed by atoms with Crippen molar-refractivity contribution >= 4 is 52.4 Å². The first-order valence-electron chi connectivity index (χ1n) is 5.99. The Morgan fingerprint density at radius 1 is 1.19 bits per heavy atom. The Balaban J connectivity index is 0.000000232. The van der Waals surface area contributed by atoms with Gasteiger partial charge in [0.2, 0.25) is 0 Å². The lowest BCUT2D eigenvalue weighted by molar-refractivity contribution is -0.159. The highest BCUT2D eigenvalue weighted by Gasteiger charge is 2.36. The topological polar surface area (TPSA) is 112 Å². The van der Waals surface area contributed by atoms with Crippen LogP contribution in [-0.4, -0.2) is 43.0 Å². The summed E-state index contributed by atoms with van der Waals surface area (Å²) in [5.41, 5.74) is 1.83. The van der Waals surface area contributed by atoms with Gasteiger partial charge in [0.25, 0.3) is 0 Å². The Bertz CT molecular complexity index is 592. The van der Waals surface area contributed by atoms with Crippen LogP contribution in [0, 0.1) is 0 Å². The summed E-state index contributed by atoms with van der Waals surface area (Å²) in [6.07, 6.45) is 3.19. The van der Waals surface area contributed by atoms with Gasteiger partial charge in [0.05, 0.1) is 11.7 Å². The van der Waals surface area contributed by atoms with E-state index in [1.165, 1.54) is 6.42 Å². The molecule has 2 aliphatic rings. The maximum Gasteiger partial charge on any atom is 0.414 e. The maximum absolute atomic E-state index is 9.10. The predicted molar refractivity (Wildman–Crippen MR) is 77.5 cm³/mol. The Kier molecular flexibility index (Phi) is 5.15. The highest BCUT2D eigenvalue weighted by molar-refractivity contribution is 6.99. The highest BCUT2D eigenvalue weighted by atomic mass is 35.5. The second-order valence-electron chi connectivity index (χ2n) is 4.53. The van der Waals surface area contributed by atoms with Crippen LogP contribution in [0.15, 0.2) is 5.03 Å². The SMILES string of the molecule is ClC1=C(c2nsnc2Cl)C2CCC(C1)N2.O=C(O)C(=O)O. The number of halogens is 2. The molecule has 1 saturated heterocycles. The normalized spacial score (nSPS) is 23.5. The van der Waals surface area contributed by atoms with Crippen molar-refractivity contribution in [1.82, 2.24) is 14.1 Å². The Morgan fingerprint density at radius 3 is 2.38 bits per heavy atom. The zero-order valence-electron chi connectivity index (χ0n) is 10.5. The van der Waals surface area contributed by atoms with E-state index in [1.54, 1.807) is 0 Å². The van der Waals surface area contributed by atoms with E-state index in [-0.39, 0.29) is 0 Å². The van der Waals surface area contributed by atoms with Gasteiger partial charge in [-0.05, 0) is 19.3 Å². The van der Waals surface area contributed by atoms with Crippen LogP contribution >= 0.6 is 34.9 Å². The number of carboxylic acids is 2. The number of aliphatic carboxylic acids is 2. The molecule has 1 aromatic rings. The van der Waals surface area contributed by atoms with Crippen molar-refractivity contribution in [2.24, 2.45) is 0 Å². The molecule has 0 aromatic carbocycles. The van der Waals surface area contributed by atoms with Gasteiger partial charge in [-0.15, -0.1) is 0 Å². The first kappa shape index (κ1) is 16.2. The number of carbonyl (C=O) groups is 2. The summed E-state index contributed by atoms with van der Waals surface area (Å²) < 4.78 is 8.21. The lowest BCUT2D eigenvalue weighted by atomic mass is 10.0. The van der Waals surface area contributed by atoms with E-state index in [0.717, 1.165) is 40.9 Å². The predicted octanol–water partition coefficient (Wildman–Crippen LogP) is 1.82. The van der Waals surface area contributed by atoms with Crippen LogP contribution in [-0.2, 0) is 9.59 Å². The standard InChI is InChI=1S/C9H9Cl2N3S.C2H2O4/c10-5-3-4-1-2-6(12-4)7(5)8-9(11)14-15-13-8;3-1(4)2(5)6/h4,6,12H,1-3H2;(H,3,4)(H,5,6). The number of rotatable bonds is 1. The van der Waals surface area contributed by atoms with Crippen molar-refractivity contribution < 1.29 is 19.8 Å². The lowest BCUT2D eigenvalue weighted by Crippen LogP contribution is -2.34. The van der Waals surface area contributed by atoms with Crippen LogP contribution in [0.4, 0.5) is 0 Å². The number of hydrogen-bond acceptors (Lipinski definition) is 6. The molecule has 7 nitrogen and oxygen atoms in total. The molecule has 0 spiro atoms. The van der Waals surface area contributed by atoms with Crippen molar-refractivity contribution in [3.8, 4) is 0 Å². The van der Waals surface area contributed by atoms with Crippen LogP contribution in [0.3, 0.4) is 0 Å². The van der Waals surface area contributed by atoms with Gasteiger partial charge in [-0.1, -0.05) is 23.2 Å². The third kappa shape index (κ3) is 3.70. The van der Waals surface area contributed by atoms with Gasteiger partial charge in [-0.3, -0.25) is 0 Å². The fourth-order valence-corrected chi connectivity index (χ4v) is 3.51. The first-order chi connectivity index (χ1) is 9.90. The summed E-state index contributed by atoms with van der Waals surface area (Å²) in [6.45, 7) is 0. The van der Waals surface area contributed by atoms with Gasteiger partial charge >= 0.3 is 11.9 Å². The van der Waals surface area contributed by atoms with Crippen molar-refractivity contribution in [2.75, 3.05) is 0 Å². The smallest absolute Gasteiger partial charge is 0.414 e. The summed E-state index contributed by atoms with van der Waals surface area (Å²) in [7, 11) is 0. The molecular weight excluding hydrogens is 341 g/mol. The monoisotopic (exact) mass is 351 g/mol. The molecule has 3 heterocycles. The largest absolute Gasteiger partial charge is 0.473 e. The zero-order chi connectivity index (χ0) is 15.6. The molecule has 1 fully saturated rings. The van der Waals surface area contributed by atoms with Crippen molar-refractivity contribution in [3.05, 3.63) is 15.9 Å². The Labute approximate surface area is 133 Å². The molecule has 1 aromatic heterocycles. The van der Waals surface area contributed by atoms with Crippen LogP contribution in [0.2, 0.25) is 5.15 Å². The summed E-state index contributed by atoms with van der Waals surface area (Å²) in [6, 6.07) is 0.856. The summed E-state index contributed by atoms with van der Waals surface area (Å²) >= 11 is 13.4. The van der Waals surface area contributed by atoms with E-state index in [9.17, 15) is 0 Å². The number of hydrogen-bond donors (Lipinski definition) is 3. The van der Waals surface area contributed by atoms with Crippen molar-refractivity contribution in [1.29, 1.82) is 0 Å². The number of carboxylic acid groups (broad SMARTS) is 2. The number of fused-ring (bicyclic) bond motifs is 2. The van der Waals surface area contributed by atoms with Gasteiger partial charge in [0.15, 0.2) is 5.15 Å². The lowest BCUT2D eigenvalue weighted by Gasteiger charge is -2.23. The van der Waals surface area contributed by atoms with Crippen LogP contribution in [0.5, 0.6) is 0 Å². The van der Waals surface area contributed by atoms with E-state index in [4.69, 9.17) is 43.0 Å². The molecule has 3 rings (SSSR count). The molecule has 2 aliphatic heterocycles. The summed E-state index contributed by atoms with van der Waals surface area (Å²) in [5.74, 6) is -3.65. The highest BCUT2D eigenvalue weighted by Crippen LogP contribution is 2.40. The molecular formula is C11H11Cl2N3O4S. The fraction of sp³-hybridized carbons (Fsp3) is 0.455. The summed E-state index contributed by atoms with van der Waals surface area (Å²) in [5, 5.41) is 19.7. The average Bonchev–Trinajstić information content (AvgIpc) is 2.99. The molecule has 0 saturated carbocycles. The quantitative estimate of drug-likeness (QED) is 0.661. The molecule has 0 amide bonds. The maximum atomic E-state index is 9.10. The van der Waals surface area contributed by atoms with E-state index >= 15 is 0 Å². The number of aromatic nitrogens is 2. The molecule has 2 bridgehead atoms. The molecule has 0 radical (unpaired) electrons. The number of nitrogens with zero attached hydrogens (tertiary/aromatic N) is 2. The third-order valence-electron chi connectivity index (χ3n) is 3.19. The molecule has 2 atom stereocenters. The van der Waals surface area contributed by atoms with E-state index in [2.05, 4.69) is 14.1 Å². The van der Waals surface area contributed by atoms with Gasteiger partial charge in [-0.25, -0.2) is 9.59 Å². The van der Waals surface area contributed by atoms with Crippen molar-refractivity contribution in [2.45, 2.75) is 31.3 Å². The van der Waals surface area contributed by atoms with E-state index < -0.39 is 11.9 Å². The molecule has 21 heavy (non-hydrogen) atoms. The summed E-state index contributed by atoms with van der Waals surface area (Å²) in [4.78, 5) is 18.2. The molecule has 0 aliphatic carbocycles. The van der Waals surface area contributed by atoms with Gasteiger partial charge < -0.3 is 15.5 Å². The van der Waals surface area contributed by atoms with Crippen LogP contribution in [0.1, 0.15) is 25.0 Å². The molecule has 114 valence electrons. The van der Waals surface area contributed by atoms with Gasteiger partial charge in [-0.2, -0.15) is 8.75 Å². The van der Waals surface area contributed by atoms with Gasteiger partial charge in [0.1, 0.15) is 5.69 Å². The second-order valence-corrected chi connectivity index (χ2v) is 5.87. The molecule has 2 unspecified atom stereocenters. The second kappa shape index (κ2) is 6.69. The Morgan fingerprint density at radius 2 is 1.86 bits per heavy atom.